The minimum absolute atomic E-state index is 0.00555. The van der Waals surface area contributed by atoms with Gasteiger partial charge < -0.3 is 4.90 Å². The molecule has 23 heavy (non-hydrogen) atoms. The molecule has 1 aromatic rings. The predicted molar refractivity (Wildman–Crippen MR) is 83.7 cm³/mol. The molecule has 2 aliphatic rings. The number of rotatable bonds is 2. The minimum Gasteiger partial charge on any atom is -0.342 e. The van der Waals surface area contributed by atoms with Crippen LogP contribution in [-0.4, -0.2) is 49.7 Å². The highest BCUT2D eigenvalue weighted by molar-refractivity contribution is 7.89. The topological polar surface area (TPSA) is 57.7 Å². The van der Waals surface area contributed by atoms with Gasteiger partial charge in [0.2, 0.25) is 15.9 Å². The van der Waals surface area contributed by atoms with Crippen molar-refractivity contribution >= 4 is 15.9 Å². The molecule has 0 unspecified atom stereocenters. The van der Waals surface area contributed by atoms with Crippen LogP contribution >= 0.6 is 0 Å². The van der Waals surface area contributed by atoms with Gasteiger partial charge in [-0.15, -0.1) is 0 Å². The SMILES string of the molecule is CN1C(=O)CCC[C@H]2CN(S(=O)(=O)c3cccc(F)c3)CC[C@H]21. The number of amides is 1. The third kappa shape index (κ3) is 3.12. The maximum Gasteiger partial charge on any atom is 0.243 e. The smallest absolute Gasteiger partial charge is 0.243 e. The summed E-state index contributed by atoms with van der Waals surface area (Å²) in [4.78, 5) is 13.7. The zero-order chi connectivity index (χ0) is 16.6. The van der Waals surface area contributed by atoms with Gasteiger partial charge in [0.25, 0.3) is 0 Å². The van der Waals surface area contributed by atoms with Crippen LogP contribution in [0.1, 0.15) is 25.7 Å². The Morgan fingerprint density at radius 3 is 2.78 bits per heavy atom. The van der Waals surface area contributed by atoms with E-state index < -0.39 is 15.8 Å². The third-order valence-electron chi connectivity index (χ3n) is 4.95. The Morgan fingerprint density at radius 2 is 2.04 bits per heavy atom. The monoisotopic (exact) mass is 340 g/mol. The van der Waals surface area contributed by atoms with E-state index in [1.165, 1.54) is 22.5 Å². The van der Waals surface area contributed by atoms with Crippen LogP contribution in [0.4, 0.5) is 4.39 Å². The lowest BCUT2D eigenvalue weighted by Crippen LogP contribution is -2.51. The molecule has 5 nitrogen and oxygen atoms in total. The summed E-state index contributed by atoms with van der Waals surface area (Å²) in [6.45, 7) is 0.749. The Labute approximate surface area is 136 Å². The van der Waals surface area contributed by atoms with Gasteiger partial charge in [0, 0.05) is 32.6 Å². The molecule has 0 radical (unpaired) electrons. The molecular formula is C16H21FN2O3S. The van der Waals surface area contributed by atoms with Gasteiger partial charge in [0.05, 0.1) is 4.90 Å². The fraction of sp³-hybridized carbons (Fsp3) is 0.562. The van der Waals surface area contributed by atoms with Crippen molar-refractivity contribution in [2.24, 2.45) is 5.92 Å². The van der Waals surface area contributed by atoms with Crippen LogP contribution < -0.4 is 0 Å². The van der Waals surface area contributed by atoms with E-state index in [-0.39, 0.29) is 22.8 Å². The standard InChI is InChI=1S/C16H21FN2O3S/c1-18-15-8-9-19(11-12(15)4-2-7-16(18)20)23(21,22)14-6-3-5-13(17)10-14/h3,5-6,10,12,15H,2,4,7-9,11H2,1H3/t12-,15+/m0/s1. The number of benzene rings is 1. The maximum atomic E-state index is 13.4. The zero-order valence-electron chi connectivity index (χ0n) is 13.1. The van der Waals surface area contributed by atoms with E-state index in [9.17, 15) is 17.6 Å². The highest BCUT2D eigenvalue weighted by Gasteiger charge is 2.39. The molecule has 0 saturated carbocycles. The lowest BCUT2D eigenvalue weighted by Gasteiger charge is -2.40. The largest absolute Gasteiger partial charge is 0.342 e. The molecule has 1 aromatic carbocycles. The van der Waals surface area contributed by atoms with Gasteiger partial charge in [-0.2, -0.15) is 4.31 Å². The second-order valence-corrected chi connectivity index (χ2v) is 8.27. The van der Waals surface area contributed by atoms with E-state index in [1.807, 2.05) is 7.05 Å². The Morgan fingerprint density at radius 1 is 1.26 bits per heavy atom. The number of fused-ring (bicyclic) bond motifs is 1. The molecule has 0 aliphatic carbocycles. The number of halogens is 1. The fourth-order valence-electron chi connectivity index (χ4n) is 3.65. The predicted octanol–water partition coefficient (Wildman–Crippen LogP) is 1.85. The van der Waals surface area contributed by atoms with Crippen molar-refractivity contribution in [2.45, 2.75) is 36.6 Å². The van der Waals surface area contributed by atoms with Crippen LogP contribution in [0, 0.1) is 11.7 Å². The highest BCUT2D eigenvalue weighted by atomic mass is 32.2. The van der Waals surface area contributed by atoms with Gasteiger partial charge >= 0.3 is 0 Å². The normalized spacial score (nSPS) is 26.7. The van der Waals surface area contributed by atoms with Crippen LogP contribution in [0.15, 0.2) is 29.2 Å². The highest BCUT2D eigenvalue weighted by Crippen LogP contribution is 2.32. The Kier molecular flexibility index (Phi) is 4.42. The summed E-state index contributed by atoms with van der Waals surface area (Å²) in [6, 6.07) is 5.23. The van der Waals surface area contributed by atoms with Crippen LogP contribution in [0.3, 0.4) is 0 Å². The molecule has 2 saturated heterocycles. The summed E-state index contributed by atoms with van der Waals surface area (Å²) in [5.74, 6) is -0.275. The van der Waals surface area contributed by atoms with Crippen LogP contribution in [0.25, 0.3) is 0 Å². The molecule has 126 valence electrons. The molecule has 2 atom stereocenters. The van der Waals surface area contributed by atoms with Gasteiger partial charge in [-0.05, 0) is 43.4 Å². The third-order valence-corrected chi connectivity index (χ3v) is 6.81. The van der Waals surface area contributed by atoms with Gasteiger partial charge in [0.1, 0.15) is 5.82 Å². The lowest BCUT2D eigenvalue weighted by atomic mass is 9.89. The van der Waals surface area contributed by atoms with Crippen LogP contribution in [-0.2, 0) is 14.8 Å². The first-order valence-electron chi connectivity index (χ1n) is 7.91. The van der Waals surface area contributed by atoms with E-state index in [0.29, 0.717) is 25.9 Å². The molecule has 0 N–H and O–H groups in total. The summed E-state index contributed by atoms with van der Waals surface area (Å²) in [5.41, 5.74) is 0. The van der Waals surface area contributed by atoms with Crippen molar-refractivity contribution in [3.05, 3.63) is 30.1 Å². The Bertz CT molecular complexity index is 707. The van der Waals surface area contributed by atoms with Crippen molar-refractivity contribution in [3.63, 3.8) is 0 Å². The van der Waals surface area contributed by atoms with E-state index in [4.69, 9.17) is 0 Å². The summed E-state index contributed by atoms with van der Waals surface area (Å²) in [7, 11) is -1.88. The van der Waals surface area contributed by atoms with Crippen molar-refractivity contribution in [1.29, 1.82) is 0 Å². The molecule has 2 fully saturated rings. The first kappa shape index (κ1) is 16.4. The summed E-state index contributed by atoms with van der Waals surface area (Å²) < 4.78 is 40.2. The molecular weight excluding hydrogens is 319 g/mol. The van der Waals surface area contributed by atoms with Gasteiger partial charge in [-0.3, -0.25) is 4.79 Å². The fourth-order valence-corrected chi connectivity index (χ4v) is 5.20. The number of hydrogen-bond donors (Lipinski definition) is 0. The van der Waals surface area contributed by atoms with Gasteiger partial charge in [0.15, 0.2) is 0 Å². The molecule has 2 aliphatic heterocycles. The second-order valence-electron chi connectivity index (χ2n) is 6.33. The van der Waals surface area contributed by atoms with Crippen molar-refractivity contribution in [3.8, 4) is 0 Å². The molecule has 1 amide bonds. The van der Waals surface area contributed by atoms with Crippen molar-refractivity contribution < 1.29 is 17.6 Å². The summed E-state index contributed by atoms with van der Waals surface area (Å²) in [5, 5.41) is 0. The van der Waals surface area contributed by atoms with Crippen molar-refractivity contribution in [2.75, 3.05) is 20.1 Å². The second kappa shape index (κ2) is 6.20. The van der Waals surface area contributed by atoms with E-state index in [1.54, 1.807) is 4.90 Å². The number of piperidine rings is 1. The number of likely N-dealkylation sites (tertiary alicyclic amines) is 1. The molecule has 2 heterocycles. The van der Waals surface area contributed by atoms with Crippen LogP contribution in [0.2, 0.25) is 0 Å². The quantitative estimate of drug-likeness (QED) is 0.825. The molecule has 0 spiro atoms. The molecule has 7 heteroatoms. The molecule has 0 bridgehead atoms. The minimum atomic E-state index is -3.69. The summed E-state index contributed by atoms with van der Waals surface area (Å²) in [6.07, 6.45) is 2.79. The van der Waals surface area contributed by atoms with Gasteiger partial charge in [-0.1, -0.05) is 6.07 Å². The van der Waals surface area contributed by atoms with E-state index in [2.05, 4.69) is 0 Å². The average Bonchev–Trinajstić information content (AvgIpc) is 2.67. The van der Waals surface area contributed by atoms with Crippen LogP contribution in [0.5, 0.6) is 0 Å². The number of carbonyl (C=O) groups is 1. The van der Waals surface area contributed by atoms with E-state index in [0.717, 1.165) is 18.9 Å². The average molecular weight is 340 g/mol. The number of nitrogens with zero attached hydrogens (tertiary/aromatic N) is 2. The number of hydrogen-bond acceptors (Lipinski definition) is 3. The lowest BCUT2D eigenvalue weighted by molar-refractivity contribution is -0.132. The first-order valence-corrected chi connectivity index (χ1v) is 9.35. The van der Waals surface area contributed by atoms with E-state index >= 15 is 0 Å². The Balaban J connectivity index is 1.82. The van der Waals surface area contributed by atoms with Crippen molar-refractivity contribution in [1.82, 2.24) is 9.21 Å². The number of sulfonamides is 1. The maximum absolute atomic E-state index is 13.4. The molecule has 3 rings (SSSR count). The zero-order valence-corrected chi connectivity index (χ0v) is 13.9. The number of carbonyl (C=O) groups excluding carboxylic acids is 1. The van der Waals surface area contributed by atoms with Gasteiger partial charge in [-0.25, -0.2) is 12.8 Å². The molecule has 0 aromatic heterocycles. The first-order chi connectivity index (χ1) is 10.9. The Hall–Kier alpha value is -1.47. The summed E-state index contributed by atoms with van der Waals surface area (Å²) >= 11 is 0.